The fourth-order valence-electron chi connectivity index (χ4n) is 7.08. The molecule has 4 aliphatic rings. The Balaban J connectivity index is 1.27. The van der Waals surface area contributed by atoms with E-state index in [1.165, 1.54) is 50.1 Å². The van der Waals surface area contributed by atoms with Crippen LogP contribution in [0.4, 0.5) is 4.39 Å². The number of fused-ring (bicyclic) bond motifs is 2. The molecule has 7 nitrogen and oxygen atoms in total. The van der Waals surface area contributed by atoms with Gasteiger partial charge in [-0.1, -0.05) is 31.1 Å². The van der Waals surface area contributed by atoms with Crippen LogP contribution in [-0.4, -0.2) is 37.4 Å². The van der Waals surface area contributed by atoms with Crippen molar-refractivity contribution in [1.82, 2.24) is 10.6 Å². The topological polar surface area (TPSA) is 111 Å². The zero-order valence-corrected chi connectivity index (χ0v) is 23.7. The van der Waals surface area contributed by atoms with Crippen molar-refractivity contribution < 1.29 is 23.5 Å². The molecule has 41 heavy (non-hydrogen) atoms. The number of carbonyl (C=O) groups excluding carboxylic acids is 3. The van der Waals surface area contributed by atoms with E-state index in [-0.39, 0.29) is 57.7 Å². The first-order valence-electron chi connectivity index (χ1n) is 14.7. The molecule has 4 aliphatic carbocycles. The number of ether oxygens (including phenoxy) is 1. The third-order valence-electron chi connectivity index (χ3n) is 9.79. The quantitative estimate of drug-likeness (QED) is 0.376. The van der Waals surface area contributed by atoms with E-state index in [0.717, 1.165) is 25.7 Å². The Kier molecular flexibility index (Phi) is 7.12. The number of nitrogens with one attached hydrogen (secondary N) is 2. The first-order valence-corrected chi connectivity index (χ1v) is 14.7. The number of halogens is 1. The number of benzene rings is 2. The lowest BCUT2D eigenvalue weighted by Crippen LogP contribution is -2.52. The van der Waals surface area contributed by atoms with E-state index in [1.54, 1.807) is 18.2 Å². The van der Waals surface area contributed by atoms with Crippen LogP contribution in [0.3, 0.4) is 0 Å². The van der Waals surface area contributed by atoms with Crippen LogP contribution in [0.5, 0.6) is 5.75 Å². The second-order valence-electron chi connectivity index (χ2n) is 12.8. The number of allylic oxidation sites excluding steroid dienone is 2. The Morgan fingerprint density at radius 3 is 2.59 bits per heavy atom. The molecule has 8 heteroatoms. The van der Waals surface area contributed by atoms with Gasteiger partial charge in [0.15, 0.2) is 0 Å². The molecule has 2 bridgehead atoms. The molecule has 4 N–H and O–H groups in total. The van der Waals surface area contributed by atoms with Gasteiger partial charge in [0.2, 0.25) is 11.8 Å². The standard InChI is InChI=1S/C33H38FN3O4/c1-33(10-3-11-33)17-36-32(40)28-24-16-22(13-21(24)12-18-4-5-18)29(28)37-31(39)25-14-19(7-9-27(25)41-2)23-15-20(30(35)38)6-8-26(23)34/h6-9,12,14-15,18,22,24,28-29H,3-5,10-11,13,16-17H2,1-2H3,(H2,35,38)(H,36,40)(H,37,39)/t22-,24-,28-,29+/m0/s1. The maximum Gasteiger partial charge on any atom is 0.255 e. The van der Waals surface area contributed by atoms with Crippen LogP contribution in [0, 0.1) is 34.9 Å². The van der Waals surface area contributed by atoms with Crippen molar-refractivity contribution in [2.75, 3.05) is 13.7 Å². The molecule has 2 aromatic rings. The number of carbonyl (C=O) groups is 3. The van der Waals surface area contributed by atoms with Gasteiger partial charge in [0.25, 0.3) is 5.91 Å². The third-order valence-corrected chi connectivity index (χ3v) is 9.79. The Labute approximate surface area is 240 Å². The summed E-state index contributed by atoms with van der Waals surface area (Å²) >= 11 is 0. The molecule has 0 unspecified atom stereocenters. The van der Waals surface area contributed by atoms with Gasteiger partial charge in [-0.25, -0.2) is 4.39 Å². The molecule has 4 fully saturated rings. The van der Waals surface area contributed by atoms with Crippen LogP contribution in [0.15, 0.2) is 48.0 Å². The van der Waals surface area contributed by atoms with Gasteiger partial charge in [0.05, 0.1) is 18.6 Å². The van der Waals surface area contributed by atoms with Gasteiger partial charge < -0.3 is 21.1 Å². The van der Waals surface area contributed by atoms with E-state index in [4.69, 9.17) is 10.5 Å². The lowest BCUT2D eigenvalue weighted by Gasteiger charge is -2.39. The minimum Gasteiger partial charge on any atom is -0.496 e. The number of amides is 3. The molecule has 2 aromatic carbocycles. The number of nitrogens with two attached hydrogens (primary N) is 1. The van der Waals surface area contributed by atoms with E-state index < -0.39 is 11.7 Å². The molecule has 4 atom stereocenters. The number of methoxy groups -OCH3 is 1. The SMILES string of the molecule is COc1ccc(-c2cc(C(N)=O)ccc2F)cc1C(=O)N[C@@H]1[C@H]2CC(=CC3CC3)[C@H](C2)[C@@H]1C(=O)NCC1(C)CCC1. The summed E-state index contributed by atoms with van der Waals surface area (Å²) in [5, 5.41) is 6.43. The highest BCUT2D eigenvalue weighted by molar-refractivity contribution is 5.99. The summed E-state index contributed by atoms with van der Waals surface area (Å²) in [5.74, 6) is -0.588. The highest BCUT2D eigenvalue weighted by Gasteiger charge is 2.54. The highest BCUT2D eigenvalue weighted by atomic mass is 19.1. The predicted molar refractivity (Wildman–Crippen MR) is 154 cm³/mol. The molecule has 6 rings (SSSR count). The summed E-state index contributed by atoms with van der Waals surface area (Å²) in [7, 11) is 1.48. The van der Waals surface area contributed by atoms with E-state index in [0.29, 0.717) is 23.8 Å². The number of hydrogen-bond donors (Lipinski definition) is 3. The summed E-state index contributed by atoms with van der Waals surface area (Å²) < 4.78 is 20.3. The minimum absolute atomic E-state index is 0.0170. The first kappa shape index (κ1) is 27.5. The van der Waals surface area contributed by atoms with Crippen molar-refractivity contribution >= 4 is 17.7 Å². The Bertz CT molecular complexity index is 1430. The van der Waals surface area contributed by atoms with Crippen LogP contribution >= 0.6 is 0 Å². The summed E-state index contributed by atoms with van der Waals surface area (Å²) in [6.45, 7) is 2.88. The van der Waals surface area contributed by atoms with Gasteiger partial charge in [-0.3, -0.25) is 14.4 Å². The fourth-order valence-corrected chi connectivity index (χ4v) is 7.08. The molecule has 4 saturated carbocycles. The number of hydrogen-bond acceptors (Lipinski definition) is 4. The van der Waals surface area contributed by atoms with Crippen molar-refractivity contribution in [3.63, 3.8) is 0 Å². The maximum atomic E-state index is 14.8. The maximum absolute atomic E-state index is 14.8. The van der Waals surface area contributed by atoms with Crippen molar-refractivity contribution in [2.24, 2.45) is 34.8 Å². The lowest BCUT2D eigenvalue weighted by atomic mass is 9.70. The van der Waals surface area contributed by atoms with E-state index in [1.807, 2.05) is 0 Å². The highest BCUT2D eigenvalue weighted by Crippen LogP contribution is 2.53. The van der Waals surface area contributed by atoms with Gasteiger partial charge >= 0.3 is 0 Å². The summed E-state index contributed by atoms with van der Waals surface area (Å²) in [6, 6.07) is 8.42. The summed E-state index contributed by atoms with van der Waals surface area (Å²) in [5.41, 5.74) is 7.94. The summed E-state index contributed by atoms with van der Waals surface area (Å²) in [4.78, 5) is 39.2. The average molecular weight is 560 g/mol. The van der Waals surface area contributed by atoms with Crippen LogP contribution in [0.25, 0.3) is 11.1 Å². The zero-order valence-electron chi connectivity index (χ0n) is 23.7. The molecule has 0 saturated heterocycles. The lowest BCUT2D eigenvalue weighted by molar-refractivity contribution is -0.127. The van der Waals surface area contributed by atoms with Gasteiger partial charge in [0, 0.05) is 23.7 Å². The predicted octanol–water partition coefficient (Wildman–Crippen LogP) is 5.00. The van der Waals surface area contributed by atoms with E-state index >= 15 is 0 Å². The first-order chi connectivity index (χ1) is 19.7. The van der Waals surface area contributed by atoms with Crippen molar-refractivity contribution in [1.29, 1.82) is 0 Å². The van der Waals surface area contributed by atoms with Crippen molar-refractivity contribution in [3.8, 4) is 16.9 Å². The minimum atomic E-state index is -0.667. The number of primary amides is 1. The molecular formula is C33H38FN3O4. The molecule has 0 spiro atoms. The van der Waals surface area contributed by atoms with E-state index in [2.05, 4.69) is 23.6 Å². The van der Waals surface area contributed by atoms with Crippen molar-refractivity contribution in [2.45, 2.75) is 57.9 Å². The van der Waals surface area contributed by atoms with Crippen LogP contribution < -0.4 is 21.1 Å². The molecule has 0 aromatic heterocycles. The van der Waals surface area contributed by atoms with Gasteiger partial charge in [0.1, 0.15) is 11.6 Å². The Hall–Kier alpha value is -3.68. The molecule has 216 valence electrons. The summed E-state index contributed by atoms with van der Waals surface area (Å²) in [6.07, 6.45) is 10.1. The molecular weight excluding hydrogens is 521 g/mol. The molecule has 0 heterocycles. The molecule has 3 amide bonds. The Morgan fingerprint density at radius 1 is 1.15 bits per heavy atom. The third kappa shape index (κ3) is 5.36. The second-order valence-corrected chi connectivity index (χ2v) is 12.8. The van der Waals surface area contributed by atoms with Gasteiger partial charge in [-0.05, 0) is 97.6 Å². The average Bonchev–Trinajstić information content (AvgIpc) is 3.57. The normalized spacial score (nSPS) is 26.9. The smallest absolute Gasteiger partial charge is 0.255 e. The molecule has 0 radical (unpaired) electrons. The largest absolute Gasteiger partial charge is 0.496 e. The monoisotopic (exact) mass is 559 g/mol. The Morgan fingerprint density at radius 2 is 1.93 bits per heavy atom. The van der Waals surface area contributed by atoms with E-state index in [9.17, 15) is 18.8 Å². The van der Waals surface area contributed by atoms with Gasteiger partial charge in [-0.2, -0.15) is 0 Å². The zero-order chi connectivity index (χ0) is 28.9. The van der Waals surface area contributed by atoms with Crippen LogP contribution in [0.1, 0.15) is 72.6 Å². The van der Waals surface area contributed by atoms with Crippen molar-refractivity contribution in [3.05, 3.63) is 65.0 Å². The molecule has 0 aliphatic heterocycles. The van der Waals surface area contributed by atoms with Crippen LogP contribution in [-0.2, 0) is 4.79 Å². The second kappa shape index (κ2) is 10.6. The van der Waals surface area contributed by atoms with Crippen LogP contribution in [0.2, 0.25) is 0 Å². The number of rotatable bonds is 9. The van der Waals surface area contributed by atoms with Gasteiger partial charge in [-0.15, -0.1) is 0 Å². The fraction of sp³-hybridized carbons (Fsp3) is 0.485.